The van der Waals surface area contributed by atoms with Gasteiger partial charge in [-0.25, -0.2) is 0 Å². The van der Waals surface area contributed by atoms with E-state index in [1.165, 1.54) is 0 Å². The van der Waals surface area contributed by atoms with Gasteiger partial charge in [0.15, 0.2) is 0 Å². The number of hydrogen-bond donors (Lipinski definition) is 1. The minimum atomic E-state index is 0.147. The maximum atomic E-state index is 12.5. The topological polar surface area (TPSA) is 75.0 Å². The molecule has 6 nitrogen and oxygen atoms in total. The summed E-state index contributed by atoms with van der Waals surface area (Å²) in [6, 6.07) is 1.99. The first kappa shape index (κ1) is 13.9. The maximum Gasteiger partial charge on any atom is 0.227 e. The fourth-order valence-corrected chi connectivity index (χ4v) is 2.97. The minimum Gasteiger partial charge on any atom is -0.361 e. The van der Waals surface area contributed by atoms with Crippen molar-refractivity contribution in [3.8, 4) is 0 Å². The molecule has 6 heteroatoms. The van der Waals surface area contributed by atoms with E-state index in [4.69, 9.17) is 4.52 Å². The van der Waals surface area contributed by atoms with Crippen LogP contribution in [0.4, 0.5) is 0 Å². The summed E-state index contributed by atoms with van der Waals surface area (Å²) in [5.41, 5.74) is 2.84. The Hall–Kier alpha value is -2.11. The number of nitrogens with zero attached hydrogens (tertiary/aromatic N) is 3. The Balaban J connectivity index is 1.67. The molecule has 1 aliphatic rings. The van der Waals surface area contributed by atoms with Crippen molar-refractivity contribution in [2.24, 2.45) is 0 Å². The standard InChI is InChI=1S/C15H20N4O2/c1-10-13(11(2)21-18-10)8-15(20)19-7-3-4-12(9-19)14-5-6-16-17-14/h5-6,12H,3-4,7-9H2,1-2H3,(H,16,17)/t12-/m0/s1. The fraction of sp³-hybridized carbons (Fsp3) is 0.533. The zero-order chi connectivity index (χ0) is 14.8. The normalized spacial score (nSPS) is 19.0. The van der Waals surface area contributed by atoms with Gasteiger partial charge in [0, 0.05) is 36.5 Å². The zero-order valence-electron chi connectivity index (χ0n) is 12.4. The number of aromatic amines is 1. The summed E-state index contributed by atoms with van der Waals surface area (Å²) in [5, 5.41) is 10.9. The lowest BCUT2D eigenvalue weighted by atomic mass is 9.94. The second-order valence-electron chi connectivity index (χ2n) is 5.67. The van der Waals surface area contributed by atoms with E-state index in [9.17, 15) is 4.79 Å². The van der Waals surface area contributed by atoms with E-state index in [0.717, 1.165) is 48.6 Å². The number of aryl methyl sites for hydroxylation is 2. The highest BCUT2D eigenvalue weighted by molar-refractivity contribution is 5.79. The summed E-state index contributed by atoms with van der Waals surface area (Å²) < 4.78 is 5.13. The molecule has 1 amide bonds. The highest BCUT2D eigenvalue weighted by atomic mass is 16.5. The second kappa shape index (κ2) is 5.71. The SMILES string of the molecule is Cc1noc(C)c1CC(=O)N1CCC[C@H](c2ccn[nH]2)C1. The van der Waals surface area contributed by atoms with Crippen LogP contribution in [0.25, 0.3) is 0 Å². The first-order valence-corrected chi connectivity index (χ1v) is 7.34. The van der Waals surface area contributed by atoms with Crippen molar-refractivity contribution in [3.63, 3.8) is 0 Å². The largest absolute Gasteiger partial charge is 0.361 e. The average molecular weight is 288 g/mol. The lowest BCUT2D eigenvalue weighted by Gasteiger charge is -2.32. The van der Waals surface area contributed by atoms with E-state index in [1.807, 2.05) is 24.8 Å². The van der Waals surface area contributed by atoms with Gasteiger partial charge in [0.05, 0.1) is 12.1 Å². The van der Waals surface area contributed by atoms with E-state index in [-0.39, 0.29) is 5.91 Å². The van der Waals surface area contributed by atoms with Crippen molar-refractivity contribution in [3.05, 3.63) is 35.0 Å². The molecular formula is C15H20N4O2. The molecule has 112 valence electrons. The third-order valence-electron chi connectivity index (χ3n) is 4.25. The lowest BCUT2D eigenvalue weighted by Crippen LogP contribution is -2.40. The summed E-state index contributed by atoms with van der Waals surface area (Å²) in [5.74, 6) is 1.24. The number of carbonyl (C=O) groups is 1. The number of likely N-dealkylation sites (tertiary alicyclic amines) is 1. The monoisotopic (exact) mass is 288 g/mol. The van der Waals surface area contributed by atoms with Crippen molar-refractivity contribution >= 4 is 5.91 Å². The van der Waals surface area contributed by atoms with E-state index in [2.05, 4.69) is 15.4 Å². The lowest BCUT2D eigenvalue weighted by molar-refractivity contribution is -0.131. The molecule has 1 fully saturated rings. The molecule has 21 heavy (non-hydrogen) atoms. The molecule has 0 saturated carbocycles. The molecule has 0 unspecified atom stereocenters. The maximum absolute atomic E-state index is 12.5. The number of piperidine rings is 1. The van der Waals surface area contributed by atoms with Gasteiger partial charge in [0.1, 0.15) is 5.76 Å². The molecule has 1 atom stereocenters. The summed E-state index contributed by atoms with van der Waals surface area (Å²) >= 11 is 0. The van der Waals surface area contributed by atoms with Gasteiger partial charge < -0.3 is 9.42 Å². The van der Waals surface area contributed by atoms with E-state index >= 15 is 0 Å². The Labute approximate surface area is 123 Å². The van der Waals surface area contributed by atoms with Crippen LogP contribution in [0.1, 0.15) is 41.5 Å². The molecule has 3 heterocycles. The van der Waals surface area contributed by atoms with Crippen LogP contribution in [-0.2, 0) is 11.2 Å². The van der Waals surface area contributed by atoms with Crippen LogP contribution in [0.3, 0.4) is 0 Å². The van der Waals surface area contributed by atoms with Gasteiger partial charge >= 0.3 is 0 Å². The van der Waals surface area contributed by atoms with Crippen molar-refractivity contribution < 1.29 is 9.32 Å². The predicted octanol–water partition coefficient (Wildman–Crippen LogP) is 1.96. The van der Waals surface area contributed by atoms with Gasteiger partial charge in [-0.15, -0.1) is 0 Å². The Morgan fingerprint density at radius 1 is 1.52 bits per heavy atom. The molecule has 0 aliphatic carbocycles. The van der Waals surface area contributed by atoms with E-state index < -0.39 is 0 Å². The summed E-state index contributed by atoms with van der Waals surface area (Å²) in [7, 11) is 0. The highest BCUT2D eigenvalue weighted by Gasteiger charge is 2.26. The summed E-state index contributed by atoms with van der Waals surface area (Å²) in [4.78, 5) is 14.5. The van der Waals surface area contributed by atoms with Crippen molar-refractivity contribution in [1.82, 2.24) is 20.3 Å². The van der Waals surface area contributed by atoms with Crippen LogP contribution in [-0.4, -0.2) is 39.3 Å². The van der Waals surface area contributed by atoms with Gasteiger partial charge in [-0.3, -0.25) is 9.89 Å². The van der Waals surface area contributed by atoms with Crippen LogP contribution in [0.2, 0.25) is 0 Å². The molecule has 2 aromatic heterocycles. The quantitative estimate of drug-likeness (QED) is 0.937. The number of rotatable bonds is 3. The Morgan fingerprint density at radius 3 is 3.05 bits per heavy atom. The highest BCUT2D eigenvalue weighted by Crippen LogP contribution is 2.26. The predicted molar refractivity (Wildman–Crippen MR) is 76.8 cm³/mol. The van der Waals surface area contributed by atoms with Crippen LogP contribution >= 0.6 is 0 Å². The molecule has 0 bridgehead atoms. The van der Waals surface area contributed by atoms with E-state index in [1.54, 1.807) is 6.20 Å². The van der Waals surface area contributed by atoms with Crippen LogP contribution < -0.4 is 0 Å². The summed E-state index contributed by atoms with van der Waals surface area (Å²) in [6.07, 6.45) is 4.26. The molecular weight excluding hydrogens is 268 g/mol. The minimum absolute atomic E-state index is 0.147. The van der Waals surface area contributed by atoms with Crippen LogP contribution in [0.5, 0.6) is 0 Å². The van der Waals surface area contributed by atoms with Gasteiger partial charge in [-0.2, -0.15) is 5.10 Å². The van der Waals surface area contributed by atoms with Gasteiger partial charge in [-0.05, 0) is 32.8 Å². The number of amides is 1. The van der Waals surface area contributed by atoms with Gasteiger partial charge in [-0.1, -0.05) is 5.16 Å². The number of aromatic nitrogens is 3. The van der Waals surface area contributed by atoms with Crippen LogP contribution in [0, 0.1) is 13.8 Å². The molecule has 0 radical (unpaired) electrons. The second-order valence-corrected chi connectivity index (χ2v) is 5.67. The third kappa shape index (κ3) is 2.84. The summed E-state index contributed by atoms with van der Waals surface area (Å²) in [6.45, 7) is 5.31. The first-order chi connectivity index (χ1) is 10.1. The Kier molecular flexibility index (Phi) is 3.77. The van der Waals surface area contributed by atoms with Crippen molar-refractivity contribution in [1.29, 1.82) is 0 Å². The molecule has 2 aromatic rings. The number of carbonyl (C=O) groups excluding carboxylic acids is 1. The van der Waals surface area contributed by atoms with Crippen LogP contribution in [0.15, 0.2) is 16.8 Å². The zero-order valence-corrected chi connectivity index (χ0v) is 12.4. The Bertz CT molecular complexity index is 598. The average Bonchev–Trinajstić information content (AvgIpc) is 3.13. The van der Waals surface area contributed by atoms with E-state index in [0.29, 0.717) is 12.3 Å². The first-order valence-electron chi connectivity index (χ1n) is 7.34. The number of H-pyrrole nitrogens is 1. The number of nitrogens with one attached hydrogen (secondary N) is 1. The molecule has 3 rings (SSSR count). The molecule has 1 saturated heterocycles. The molecule has 0 spiro atoms. The van der Waals surface area contributed by atoms with Crippen molar-refractivity contribution in [2.45, 2.75) is 39.0 Å². The smallest absolute Gasteiger partial charge is 0.227 e. The molecule has 0 aromatic carbocycles. The molecule has 1 aliphatic heterocycles. The Morgan fingerprint density at radius 2 is 2.38 bits per heavy atom. The fourth-order valence-electron chi connectivity index (χ4n) is 2.97. The van der Waals surface area contributed by atoms with Gasteiger partial charge in [0.2, 0.25) is 5.91 Å². The number of hydrogen-bond acceptors (Lipinski definition) is 4. The van der Waals surface area contributed by atoms with Gasteiger partial charge in [0.25, 0.3) is 0 Å². The van der Waals surface area contributed by atoms with Crippen molar-refractivity contribution in [2.75, 3.05) is 13.1 Å². The third-order valence-corrected chi connectivity index (χ3v) is 4.25. The molecule has 1 N–H and O–H groups in total.